The Balaban J connectivity index is 2.06. The van der Waals surface area contributed by atoms with Gasteiger partial charge >= 0.3 is 0 Å². The van der Waals surface area contributed by atoms with Crippen LogP contribution in [0.4, 0.5) is 4.39 Å². The molecule has 2 nitrogen and oxygen atoms in total. The summed E-state index contributed by atoms with van der Waals surface area (Å²) < 4.78 is 19.4. The molecule has 1 saturated carbocycles. The van der Waals surface area contributed by atoms with Gasteiger partial charge in [-0.15, -0.1) is 0 Å². The summed E-state index contributed by atoms with van der Waals surface area (Å²) in [6.45, 7) is 2.46. The van der Waals surface area contributed by atoms with Crippen molar-refractivity contribution in [3.8, 4) is 5.75 Å². The number of hydrogen-bond acceptors (Lipinski definition) is 2. The van der Waals surface area contributed by atoms with E-state index in [1.165, 1.54) is 31.7 Å². The Hall–Kier alpha value is -1.09. The Morgan fingerprint density at radius 2 is 2.12 bits per heavy atom. The van der Waals surface area contributed by atoms with Gasteiger partial charge in [-0.25, -0.2) is 4.39 Å². The monoisotopic (exact) mass is 237 g/mol. The molecule has 1 aromatic rings. The molecule has 1 atom stereocenters. The zero-order chi connectivity index (χ0) is 12.3. The molecule has 1 fully saturated rings. The van der Waals surface area contributed by atoms with E-state index in [1.54, 1.807) is 19.1 Å². The summed E-state index contributed by atoms with van der Waals surface area (Å²) in [6, 6.07) is 4.57. The van der Waals surface area contributed by atoms with Crippen LogP contribution in [0, 0.1) is 11.7 Å². The first-order chi connectivity index (χ1) is 8.18. The minimum absolute atomic E-state index is 0.274. The van der Waals surface area contributed by atoms with Crippen LogP contribution in [0.3, 0.4) is 0 Å². The molecule has 0 heterocycles. The van der Waals surface area contributed by atoms with Crippen LogP contribution >= 0.6 is 0 Å². The Morgan fingerprint density at radius 3 is 2.76 bits per heavy atom. The van der Waals surface area contributed by atoms with Crippen molar-refractivity contribution in [2.75, 3.05) is 6.61 Å². The van der Waals surface area contributed by atoms with E-state index < -0.39 is 0 Å². The summed E-state index contributed by atoms with van der Waals surface area (Å²) >= 11 is 0. The summed E-state index contributed by atoms with van der Waals surface area (Å²) in [5.74, 6) is 0.954. The minimum atomic E-state index is -0.338. The highest BCUT2D eigenvalue weighted by Gasteiger charge is 2.18. The maximum absolute atomic E-state index is 13.6. The molecule has 0 saturated heterocycles. The van der Waals surface area contributed by atoms with E-state index in [4.69, 9.17) is 10.5 Å². The van der Waals surface area contributed by atoms with E-state index >= 15 is 0 Å². The third kappa shape index (κ3) is 2.97. The predicted molar refractivity (Wildman–Crippen MR) is 66.5 cm³/mol. The molecular weight excluding hydrogens is 217 g/mol. The second-order valence-electron chi connectivity index (χ2n) is 4.90. The Labute approximate surface area is 102 Å². The molecule has 0 bridgehead atoms. The van der Waals surface area contributed by atoms with E-state index in [0.717, 1.165) is 0 Å². The number of halogens is 1. The van der Waals surface area contributed by atoms with Crippen LogP contribution < -0.4 is 10.5 Å². The van der Waals surface area contributed by atoms with E-state index in [-0.39, 0.29) is 11.9 Å². The lowest BCUT2D eigenvalue weighted by Crippen LogP contribution is -2.13. The zero-order valence-electron chi connectivity index (χ0n) is 10.3. The highest BCUT2D eigenvalue weighted by atomic mass is 19.1. The lowest BCUT2D eigenvalue weighted by atomic mass is 10.1. The van der Waals surface area contributed by atoms with Gasteiger partial charge in [0.05, 0.1) is 6.61 Å². The van der Waals surface area contributed by atoms with Crippen molar-refractivity contribution in [2.24, 2.45) is 11.7 Å². The lowest BCUT2D eigenvalue weighted by molar-refractivity contribution is 0.247. The molecule has 3 heteroatoms. The zero-order valence-corrected chi connectivity index (χ0v) is 10.3. The molecular formula is C14H20FNO. The predicted octanol–water partition coefficient (Wildman–Crippen LogP) is 3.41. The van der Waals surface area contributed by atoms with Crippen LogP contribution in [-0.4, -0.2) is 6.61 Å². The number of rotatable bonds is 4. The van der Waals surface area contributed by atoms with Gasteiger partial charge in [0.15, 0.2) is 0 Å². The van der Waals surface area contributed by atoms with E-state index in [2.05, 4.69) is 0 Å². The van der Waals surface area contributed by atoms with Crippen molar-refractivity contribution in [1.29, 1.82) is 0 Å². The average Bonchev–Trinajstić information content (AvgIpc) is 2.78. The SMILES string of the molecule is C[C@@H](N)c1c(F)cccc1OCC1CCCC1. The summed E-state index contributed by atoms with van der Waals surface area (Å²) in [5.41, 5.74) is 6.27. The van der Waals surface area contributed by atoms with Gasteiger partial charge in [-0.2, -0.15) is 0 Å². The summed E-state index contributed by atoms with van der Waals surface area (Å²) in [4.78, 5) is 0. The Kier molecular flexibility index (Phi) is 4.00. The van der Waals surface area contributed by atoms with Gasteiger partial charge in [0.25, 0.3) is 0 Å². The van der Waals surface area contributed by atoms with Crippen molar-refractivity contribution < 1.29 is 9.13 Å². The number of ether oxygens (including phenoxy) is 1. The summed E-state index contributed by atoms with van der Waals surface area (Å²) in [7, 11) is 0. The molecule has 94 valence electrons. The molecule has 17 heavy (non-hydrogen) atoms. The molecule has 1 aliphatic rings. The molecule has 0 aliphatic heterocycles. The molecule has 1 aromatic carbocycles. The highest BCUT2D eigenvalue weighted by Crippen LogP contribution is 2.29. The first-order valence-electron chi connectivity index (χ1n) is 6.35. The Morgan fingerprint density at radius 1 is 1.41 bits per heavy atom. The summed E-state index contributed by atoms with van der Waals surface area (Å²) in [5, 5.41) is 0. The second kappa shape index (κ2) is 5.50. The van der Waals surface area contributed by atoms with Crippen LogP contribution in [0.15, 0.2) is 18.2 Å². The number of hydrogen-bond donors (Lipinski definition) is 1. The maximum atomic E-state index is 13.6. The molecule has 2 rings (SSSR count). The van der Waals surface area contributed by atoms with Crippen LogP contribution in [0.1, 0.15) is 44.2 Å². The average molecular weight is 237 g/mol. The van der Waals surface area contributed by atoms with Crippen molar-refractivity contribution in [3.05, 3.63) is 29.6 Å². The number of benzene rings is 1. The topological polar surface area (TPSA) is 35.2 Å². The first-order valence-corrected chi connectivity index (χ1v) is 6.35. The van der Waals surface area contributed by atoms with Crippen molar-refractivity contribution in [3.63, 3.8) is 0 Å². The van der Waals surface area contributed by atoms with Crippen molar-refractivity contribution in [2.45, 2.75) is 38.6 Å². The molecule has 0 aromatic heterocycles. The van der Waals surface area contributed by atoms with Gasteiger partial charge in [-0.1, -0.05) is 18.9 Å². The highest BCUT2D eigenvalue weighted by molar-refractivity contribution is 5.36. The fraction of sp³-hybridized carbons (Fsp3) is 0.571. The molecule has 2 N–H and O–H groups in total. The molecule has 1 aliphatic carbocycles. The second-order valence-corrected chi connectivity index (χ2v) is 4.90. The normalized spacial score (nSPS) is 18.3. The third-order valence-electron chi connectivity index (χ3n) is 3.42. The molecule has 0 radical (unpaired) electrons. The smallest absolute Gasteiger partial charge is 0.131 e. The van der Waals surface area contributed by atoms with Crippen LogP contribution in [0.25, 0.3) is 0 Å². The van der Waals surface area contributed by atoms with E-state index in [0.29, 0.717) is 23.8 Å². The first kappa shape index (κ1) is 12.4. The van der Waals surface area contributed by atoms with Gasteiger partial charge in [0, 0.05) is 11.6 Å². The van der Waals surface area contributed by atoms with Gasteiger partial charge < -0.3 is 10.5 Å². The summed E-state index contributed by atoms with van der Waals surface area (Å²) in [6.07, 6.45) is 5.03. The standard InChI is InChI=1S/C14H20FNO/c1-10(16)14-12(15)7-4-8-13(14)17-9-11-5-2-3-6-11/h4,7-8,10-11H,2-3,5-6,9,16H2,1H3/t10-/m1/s1. The van der Waals surface area contributed by atoms with Gasteiger partial charge in [-0.3, -0.25) is 0 Å². The van der Waals surface area contributed by atoms with Crippen molar-refractivity contribution >= 4 is 0 Å². The fourth-order valence-corrected chi connectivity index (χ4v) is 2.47. The van der Waals surface area contributed by atoms with E-state index in [1.807, 2.05) is 0 Å². The quantitative estimate of drug-likeness (QED) is 0.871. The number of nitrogens with two attached hydrogens (primary N) is 1. The van der Waals surface area contributed by atoms with Crippen LogP contribution in [0.2, 0.25) is 0 Å². The van der Waals surface area contributed by atoms with Crippen LogP contribution in [-0.2, 0) is 0 Å². The Bertz CT molecular complexity index is 372. The van der Waals surface area contributed by atoms with E-state index in [9.17, 15) is 4.39 Å². The van der Waals surface area contributed by atoms with Gasteiger partial charge in [0.1, 0.15) is 11.6 Å². The third-order valence-corrected chi connectivity index (χ3v) is 3.42. The van der Waals surface area contributed by atoms with Crippen LogP contribution in [0.5, 0.6) is 5.75 Å². The lowest BCUT2D eigenvalue weighted by Gasteiger charge is -2.17. The maximum Gasteiger partial charge on any atom is 0.131 e. The largest absolute Gasteiger partial charge is 0.493 e. The van der Waals surface area contributed by atoms with Gasteiger partial charge in [0.2, 0.25) is 0 Å². The molecule has 0 spiro atoms. The fourth-order valence-electron chi connectivity index (χ4n) is 2.47. The molecule has 0 amide bonds. The minimum Gasteiger partial charge on any atom is -0.493 e. The molecule has 0 unspecified atom stereocenters. The van der Waals surface area contributed by atoms with Gasteiger partial charge in [-0.05, 0) is 37.8 Å². The van der Waals surface area contributed by atoms with Crippen molar-refractivity contribution in [1.82, 2.24) is 0 Å².